The number of phenols is 1. The highest BCUT2D eigenvalue weighted by Crippen LogP contribution is 2.41. The Hall–Kier alpha value is -2.96. The minimum atomic E-state index is -0.0305. The van der Waals surface area contributed by atoms with Crippen LogP contribution in [0.5, 0.6) is 17.2 Å². The Bertz CT molecular complexity index is 1040. The van der Waals surface area contributed by atoms with E-state index in [1.165, 1.54) is 14.2 Å². The Balaban J connectivity index is 0.00000225. The lowest BCUT2D eigenvalue weighted by Crippen LogP contribution is -1.91. The second-order valence-corrected chi connectivity index (χ2v) is 6.83. The molecule has 2 N–H and O–H groups in total. The van der Waals surface area contributed by atoms with E-state index >= 15 is 0 Å². The van der Waals surface area contributed by atoms with Crippen LogP contribution >= 0.6 is 23.7 Å². The van der Waals surface area contributed by atoms with E-state index in [1.807, 2.05) is 41.8 Å². The van der Waals surface area contributed by atoms with Crippen LogP contribution in [0.1, 0.15) is 0 Å². The minimum absolute atomic E-state index is 0. The first kappa shape index (κ1) is 19.8. The Labute approximate surface area is 173 Å². The summed E-state index contributed by atoms with van der Waals surface area (Å²) in [6, 6.07) is 17.6. The Morgan fingerprint density at radius 2 is 1.61 bits per heavy atom. The van der Waals surface area contributed by atoms with Crippen molar-refractivity contribution in [3.05, 3.63) is 60.0 Å². The molecule has 28 heavy (non-hydrogen) atoms. The molecular formula is C21H19ClN2O3S. The van der Waals surface area contributed by atoms with E-state index < -0.39 is 0 Å². The van der Waals surface area contributed by atoms with Crippen LogP contribution in [0, 0.1) is 0 Å². The van der Waals surface area contributed by atoms with Crippen LogP contribution in [0.25, 0.3) is 33.2 Å². The fourth-order valence-corrected chi connectivity index (χ4v) is 3.67. The summed E-state index contributed by atoms with van der Waals surface area (Å²) in [6.45, 7) is 0. The molecule has 2 heterocycles. The molecule has 0 aliphatic carbocycles. The molecular weight excluding hydrogens is 396 g/mol. The summed E-state index contributed by atoms with van der Waals surface area (Å²) in [5.41, 5.74) is 3.62. The number of phenolic OH excluding ortho intramolecular Hbond substituents is 1. The fraction of sp³-hybridized carbons (Fsp3) is 0.0952. The van der Waals surface area contributed by atoms with Gasteiger partial charge in [-0.15, -0.1) is 23.7 Å². The number of benzene rings is 2. The number of halogens is 1. The number of thiophene rings is 1. The molecule has 0 amide bonds. The number of methoxy groups -OCH3 is 2. The van der Waals surface area contributed by atoms with Crippen molar-refractivity contribution in [2.75, 3.05) is 14.2 Å². The summed E-state index contributed by atoms with van der Waals surface area (Å²) in [5, 5.41) is 12.2. The summed E-state index contributed by atoms with van der Waals surface area (Å²) in [5.74, 6) is 1.31. The number of nitrogens with zero attached hydrogens (tertiary/aromatic N) is 1. The Kier molecular flexibility index (Phi) is 5.92. The lowest BCUT2D eigenvalue weighted by atomic mass is 10.1. The maximum atomic E-state index is 10.2. The molecule has 0 unspecified atom stereocenters. The highest BCUT2D eigenvalue weighted by molar-refractivity contribution is 7.13. The number of hydrogen-bond donors (Lipinski definition) is 2. The average molecular weight is 415 g/mol. The van der Waals surface area contributed by atoms with Crippen molar-refractivity contribution in [3.8, 4) is 50.5 Å². The third-order valence-electron chi connectivity index (χ3n) is 4.27. The molecule has 2 aromatic heterocycles. The van der Waals surface area contributed by atoms with Crippen LogP contribution in [0.4, 0.5) is 0 Å². The van der Waals surface area contributed by atoms with Crippen LogP contribution in [0.2, 0.25) is 0 Å². The number of rotatable bonds is 5. The average Bonchev–Trinajstić information content (AvgIpc) is 3.38. The zero-order valence-corrected chi connectivity index (χ0v) is 16.9. The van der Waals surface area contributed by atoms with Crippen LogP contribution in [-0.4, -0.2) is 29.3 Å². The third kappa shape index (κ3) is 3.56. The van der Waals surface area contributed by atoms with Crippen molar-refractivity contribution >= 4 is 23.7 Å². The predicted molar refractivity (Wildman–Crippen MR) is 115 cm³/mol. The highest BCUT2D eigenvalue weighted by Gasteiger charge is 2.19. The molecule has 2 aromatic carbocycles. The maximum Gasteiger partial charge on any atom is 0.200 e. The summed E-state index contributed by atoms with van der Waals surface area (Å²) in [7, 11) is 3.01. The lowest BCUT2D eigenvalue weighted by molar-refractivity contribution is 0.340. The van der Waals surface area contributed by atoms with Gasteiger partial charge in [0.15, 0.2) is 11.5 Å². The first-order valence-electron chi connectivity index (χ1n) is 8.36. The zero-order valence-electron chi connectivity index (χ0n) is 15.3. The first-order valence-corrected chi connectivity index (χ1v) is 9.24. The number of aromatic hydroxyl groups is 1. The second kappa shape index (κ2) is 8.37. The number of ether oxygens (including phenoxy) is 2. The largest absolute Gasteiger partial charge is 0.502 e. The Morgan fingerprint density at radius 3 is 2.18 bits per heavy atom. The third-order valence-corrected chi connectivity index (χ3v) is 5.16. The monoisotopic (exact) mass is 414 g/mol. The van der Waals surface area contributed by atoms with Crippen molar-refractivity contribution < 1.29 is 14.6 Å². The van der Waals surface area contributed by atoms with Gasteiger partial charge in [0.1, 0.15) is 5.82 Å². The van der Waals surface area contributed by atoms with Crippen LogP contribution < -0.4 is 9.47 Å². The molecule has 7 heteroatoms. The van der Waals surface area contributed by atoms with Gasteiger partial charge in [-0.25, -0.2) is 4.98 Å². The summed E-state index contributed by atoms with van der Waals surface area (Å²) in [4.78, 5) is 9.38. The smallest absolute Gasteiger partial charge is 0.200 e. The topological polar surface area (TPSA) is 67.4 Å². The predicted octanol–water partition coefficient (Wildman–Crippen LogP) is 5.62. The van der Waals surface area contributed by atoms with Crippen molar-refractivity contribution in [2.24, 2.45) is 0 Å². The molecule has 4 aromatic rings. The summed E-state index contributed by atoms with van der Waals surface area (Å²) < 4.78 is 10.5. The molecule has 0 spiro atoms. The van der Waals surface area contributed by atoms with Gasteiger partial charge in [0.25, 0.3) is 0 Å². The van der Waals surface area contributed by atoms with Gasteiger partial charge in [-0.3, -0.25) is 0 Å². The minimum Gasteiger partial charge on any atom is -0.502 e. The van der Waals surface area contributed by atoms with Gasteiger partial charge in [-0.05, 0) is 23.6 Å². The van der Waals surface area contributed by atoms with Crippen molar-refractivity contribution in [1.82, 2.24) is 9.97 Å². The Morgan fingerprint density at radius 1 is 0.929 bits per heavy atom. The van der Waals surface area contributed by atoms with Gasteiger partial charge in [0.05, 0.1) is 30.5 Å². The summed E-state index contributed by atoms with van der Waals surface area (Å²) in [6.07, 6.45) is 0. The molecule has 0 fully saturated rings. The standard InChI is InChI=1S/C21H18N2O3S.ClH/c1-25-15-11-14(12-16(26-2)20(15)24)21-22-18(13-7-4-3-5-8-13)19(23-21)17-9-6-10-27-17;/h3-12,24H,1-2H3,(H,22,23);1H. The van der Waals surface area contributed by atoms with Crippen molar-refractivity contribution in [2.45, 2.75) is 0 Å². The van der Waals surface area contributed by atoms with Gasteiger partial charge >= 0.3 is 0 Å². The number of nitrogens with one attached hydrogen (secondary N) is 1. The molecule has 4 rings (SSSR count). The molecule has 0 aliphatic heterocycles. The molecule has 5 nitrogen and oxygen atoms in total. The van der Waals surface area contributed by atoms with Crippen molar-refractivity contribution in [1.29, 1.82) is 0 Å². The van der Waals surface area contributed by atoms with E-state index in [-0.39, 0.29) is 18.2 Å². The number of H-pyrrole nitrogens is 1. The van der Waals surface area contributed by atoms with Gasteiger partial charge in [0.2, 0.25) is 5.75 Å². The molecule has 0 aliphatic rings. The van der Waals surface area contributed by atoms with E-state index in [1.54, 1.807) is 23.5 Å². The SMILES string of the molecule is COc1cc(-c2nc(-c3ccccc3)c(-c3cccs3)[nH]2)cc(OC)c1O.Cl. The maximum absolute atomic E-state index is 10.2. The van der Waals surface area contributed by atoms with Crippen LogP contribution in [-0.2, 0) is 0 Å². The van der Waals surface area contributed by atoms with E-state index in [9.17, 15) is 5.11 Å². The van der Waals surface area contributed by atoms with E-state index in [2.05, 4.69) is 11.1 Å². The number of aromatic nitrogens is 2. The first-order chi connectivity index (χ1) is 13.2. The number of aromatic amines is 1. The van der Waals surface area contributed by atoms with Crippen LogP contribution in [0.3, 0.4) is 0 Å². The zero-order chi connectivity index (χ0) is 18.8. The van der Waals surface area contributed by atoms with Gasteiger partial charge in [-0.2, -0.15) is 0 Å². The highest BCUT2D eigenvalue weighted by atomic mass is 35.5. The van der Waals surface area contributed by atoms with Gasteiger partial charge in [0, 0.05) is 11.1 Å². The van der Waals surface area contributed by atoms with Crippen LogP contribution in [0.15, 0.2) is 60.0 Å². The summed E-state index contributed by atoms with van der Waals surface area (Å²) >= 11 is 1.65. The molecule has 0 bridgehead atoms. The van der Waals surface area contributed by atoms with E-state index in [0.29, 0.717) is 17.3 Å². The van der Waals surface area contributed by atoms with Crippen molar-refractivity contribution in [3.63, 3.8) is 0 Å². The fourth-order valence-electron chi connectivity index (χ4n) is 2.94. The number of hydrogen-bond acceptors (Lipinski definition) is 5. The molecule has 0 saturated carbocycles. The second-order valence-electron chi connectivity index (χ2n) is 5.88. The molecule has 0 radical (unpaired) electrons. The molecule has 0 saturated heterocycles. The normalized spacial score (nSPS) is 10.4. The molecule has 0 atom stereocenters. The van der Waals surface area contributed by atoms with Gasteiger partial charge < -0.3 is 19.6 Å². The van der Waals surface area contributed by atoms with E-state index in [0.717, 1.165) is 27.4 Å². The van der Waals surface area contributed by atoms with E-state index in [4.69, 9.17) is 14.5 Å². The van der Waals surface area contributed by atoms with Gasteiger partial charge in [-0.1, -0.05) is 36.4 Å². The number of imidazole rings is 1. The molecule has 144 valence electrons. The quantitative estimate of drug-likeness (QED) is 0.445. The lowest BCUT2D eigenvalue weighted by Gasteiger charge is -2.10.